The maximum atomic E-state index is 3.41. The van der Waals surface area contributed by atoms with Crippen LogP contribution >= 0.6 is 0 Å². The zero-order valence-electron chi connectivity index (χ0n) is 10.2. The summed E-state index contributed by atoms with van der Waals surface area (Å²) < 4.78 is 2.46. The SMILES string of the molecule is Cc1ccccc1Cc1ccc2n1CCNC2. The first-order valence-electron chi connectivity index (χ1n) is 6.27. The number of benzene rings is 1. The maximum absolute atomic E-state index is 3.41. The van der Waals surface area contributed by atoms with Crippen LogP contribution in [0.15, 0.2) is 36.4 Å². The average molecular weight is 226 g/mol. The van der Waals surface area contributed by atoms with Crippen LogP contribution in [0, 0.1) is 6.92 Å². The quantitative estimate of drug-likeness (QED) is 0.832. The molecule has 0 saturated carbocycles. The molecule has 0 atom stereocenters. The van der Waals surface area contributed by atoms with Gasteiger partial charge in [0.25, 0.3) is 0 Å². The summed E-state index contributed by atoms with van der Waals surface area (Å²) >= 11 is 0. The predicted molar refractivity (Wildman–Crippen MR) is 70.1 cm³/mol. The lowest BCUT2D eigenvalue weighted by atomic mass is 10.0. The lowest BCUT2D eigenvalue weighted by Gasteiger charge is -2.19. The summed E-state index contributed by atoms with van der Waals surface area (Å²) in [7, 11) is 0. The highest BCUT2D eigenvalue weighted by Crippen LogP contribution is 2.18. The molecule has 0 fully saturated rings. The van der Waals surface area contributed by atoms with Gasteiger partial charge in [0.15, 0.2) is 0 Å². The minimum Gasteiger partial charge on any atom is -0.346 e. The Balaban J connectivity index is 1.91. The molecule has 1 aliphatic rings. The van der Waals surface area contributed by atoms with Gasteiger partial charge in [-0.25, -0.2) is 0 Å². The summed E-state index contributed by atoms with van der Waals surface area (Å²) in [5, 5.41) is 3.41. The molecule has 0 radical (unpaired) electrons. The lowest BCUT2D eigenvalue weighted by Crippen LogP contribution is -2.28. The molecule has 0 amide bonds. The summed E-state index contributed by atoms with van der Waals surface area (Å²) in [6, 6.07) is 13.2. The molecule has 2 nitrogen and oxygen atoms in total. The van der Waals surface area contributed by atoms with Crippen molar-refractivity contribution < 1.29 is 0 Å². The highest BCUT2D eigenvalue weighted by atomic mass is 15.1. The van der Waals surface area contributed by atoms with Crippen LogP contribution in [-0.4, -0.2) is 11.1 Å². The van der Waals surface area contributed by atoms with Crippen LogP contribution in [0.2, 0.25) is 0 Å². The van der Waals surface area contributed by atoms with Gasteiger partial charge >= 0.3 is 0 Å². The summed E-state index contributed by atoms with van der Waals surface area (Å²) in [6.07, 6.45) is 1.05. The van der Waals surface area contributed by atoms with Crippen LogP contribution in [0.1, 0.15) is 22.5 Å². The Bertz CT molecular complexity index is 525. The Kier molecular flexibility index (Phi) is 2.73. The minimum absolute atomic E-state index is 1.01. The van der Waals surface area contributed by atoms with Crippen LogP contribution in [0.3, 0.4) is 0 Å². The van der Waals surface area contributed by atoms with Crippen molar-refractivity contribution in [1.29, 1.82) is 0 Å². The van der Waals surface area contributed by atoms with E-state index in [4.69, 9.17) is 0 Å². The Labute approximate surface area is 102 Å². The van der Waals surface area contributed by atoms with E-state index in [2.05, 4.69) is 53.2 Å². The van der Waals surface area contributed by atoms with Gasteiger partial charge in [-0.2, -0.15) is 0 Å². The van der Waals surface area contributed by atoms with Gasteiger partial charge in [-0.15, -0.1) is 0 Å². The van der Waals surface area contributed by atoms with Crippen molar-refractivity contribution >= 4 is 0 Å². The van der Waals surface area contributed by atoms with Gasteiger partial charge in [0, 0.05) is 37.4 Å². The smallest absolute Gasteiger partial charge is 0.0360 e. The van der Waals surface area contributed by atoms with Crippen molar-refractivity contribution in [2.45, 2.75) is 26.4 Å². The van der Waals surface area contributed by atoms with Gasteiger partial charge in [-0.1, -0.05) is 24.3 Å². The molecule has 0 spiro atoms. The predicted octanol–water partition coefficient (Wildman–Crippen LogP) is 2.49. The summed E-state index contributed by atoms with van der Waals surface area (Å²) in [4.78, 5) is 0. The molecular weight excluding hydrogens is 208 g/mol. The Morgan fingerprint density at radius 1 is 1.18 bits per heavy atom. The van der Waals surface area contributed by atoms with E-state index < -0.39 is 0 Å². The zero-order valence-corrected chi connectivity index (χ0v) is 10.2. The van der Waals surface area contributed by atoms with E-state index >= 15 is 0 Å². The number of fused-ring (bicyclic) bond motifs is 1. The Morgan fingerprint density at radius 3 is 2.94 bits per heavy atom. The van der Waals surface area contributed by atoms with Crippen molar-refractivity contribution in [3.8, 4) is 0 Å². The molecule has 1 N–H and O–H groups in total. The first kappa shape index (κ1) is 10.6. The number of hydrogen-bond acceptors (Lipinski definition) is 1. The highest BCUT2D eigenvalue weighted by molar-refractivity contribution is 5.31. The van der Waals surface area contributed by atoms with Crippen molar-refractivity contribution in [3.05, 3.63) is 58.9 Å². The van der Waals surface area contributed by atoms with Gasteiger partial charge in [0.05, 0.1) is 0 Å². The number of nitrogens with zero attached hydrogens (tertiary/aromatic N) is 1. The number of hydrogen-bond donors (Lipinski definition) is 1. The van der Waals surface area contributed by atoms with Gasteiger partial charge < -0.3 is 9.88 Å². The average Bonchev–Trinajstić information content (AvgIpc) is 2.76. The van der Waals surface area contributed by atoms with Crippen LogP contribution in [0.25, 0.3) is 0 Å². The molecule has 2 aromatic rings. The van der Waals surface area contributed by atoms with E-state index in [1.807, 2.05) is 0 Å². The molecule has 2 heteroatoms. The fourth-order valence-electron chi connectivity index (χ4n) is 2.56. The standard InChI is InChI=1S/C15H18N2/c1-12-4-2-3-5-13(12)10-14-6-7-15-11-16-8-9-17(14)15/h2-7,16H,8-11H2,1H3. The molecular formula is C15H18N2. The lowest BCUT2D eigenvalue weighted by molar-refractivity contribution is 0.506. The monoisotopic (exact) mass is 226 g/mol. The molecule has 0 saturated heterocycles. The Hall–Kier alpha value is -1.54. The Morgan fingerprint density at radius 2 is 2.06 bits per heavy atom. The largest absolute Gasteiger partial charge is 0.346 e. The van der Waals surface area contributed by atoms with E-state index in [-0.39, 0.29) is 0 Å². The fourth-order valence-corrected chi connectivity index (χ4v) is 2.56. The topological polar surface area (TPSA) is 17.0 Å². The number of rotatable bonds is 2. The van der Waals surface area contributed by atoms with Crippen LogP contribution in [0.5, 0.6) is 0 Å². The van der Waals surface area contributed by atoms with E-state index in [9.17, 15) is 0 Å². The van der Waals surface area contributed by atoms with E-state index in [0.29, 0.717) is 0 Å². The van der Waals surface area contributed by atoms with Crippen LogP contribution in [0.4, 0.5) is 0 Å². The second-order valence-electron chi connectivity index (χ2n) is 4.75. The number of nitrogens with one attached hydrogen (secondary N) is 1. The zero-order chi connectivity index (χ0) is 11.7. The third-order valence-corrected chi connectivity index (χ3v) is 3.61. The second kappa shape index (κ2) is 4.38. The third-order valence-electron chi connectivity index (χ3n) is 3.61. The van der Waals surface area contributed by atoms with Crippen molar-refractivity contribution in [1.82, 2.24) is 9.88 Å². The molecule has 0 bridgehead atoms. The minimum atomic E-state index is 1.01. The van der Waals surface area contributed by atoms with Crippen molar-refractivity contribution in [3.63, 3.8) is 0 Å². The molecule has 2 heterocycles. The first-order valence-corrected chi connectivity index (χ1v) is 6.27. The summed E-state index contributed by atoms with van der Waals surface area (Å²) in [6.45, 7) is 5.39. The molecule has 17 heavy (non-hydrogen) atoms. The third kappa shape index (κ3) is 2.01. The van der Waals surface area contributed by atoms with Gasteiger partial charge in [-0.3, -0.25) is 0 Å². The van der Waals surface area contributed by atoms with E-state index in [0.717, 1.165) is 26.1 Å². The highest BCUT2D eigenvalue weighted by Gasteiger charge is 2.12. The van der Waals surface area contributed by atoms with E-state index in [1.54, 1.807) is 0 Å². The van der Waals surface area contributed by atoms with E-state index in [1.165, 1.54) is 22.5 Å². The van der Waals surface area contributed by atoms with Gasteiger partial charge in [0.1, 0.15) is 0 Å². The molecule has 0 aliphatic carbocycles. The molecule has 88 valence electrons. The normalized spacial score (nSPS) is 14.6. The van der Waals surface area contributed by atoms with Crippen molar-refractivity contribution in [2.75, 3.05) is 6.54 Å². The number of aryl methyl sites for hydroxylation is 1. The molecule has 1 aromatic carbocycles. The molecule has 3 rings (SSSR count). The summed E-state index contributed by atoms with van der Waals surface area (Å²) in [5.74, 6) is 0. The first-order chi connectivity index (χ1) is 8.34. The van der Waals surface area contributed by atoms with Gasteiger partial charge in [0.2, 0.25) is 0 Å². The van der Waals surface area contributed by atoms with Gasteiger partial charge in [-0.05, 0) is 30.2 Å². The number of aromatic nitrogens is 1. The molecule has 1 aliphatic heterocycles. The molecule has 1 aromatic heterocycles. The van der Waals surface area contributed by atoms with Crippen molar-refractivity contribution in [2.24, 2.45) is 0 Å². The maximum Gasteiger partial charge on any atom is 0.0360 e. The second-order valence-corrected chi connectivity index (χ2v) is 4.75. The fraction of sp³-hybridized carbons (Fsp3) is 0.333. The molecule has 0 unspecified atom stereocenters. The summed E-state index contributed by atoms with van der Waals surface area (Å²) in [5.41, 5.74) is 5.68. The van der Waals surface area contributed by atoms with Crippen LogP contribution in [-0.2, 0) is 19.5 Å². The van der Waals surface area contributed by atoms with Crippen LogP contribution < -0.4 is 5.32 Å².